The van der Waals surface area contributed by atoms with Gasteiger partial charge in [0.05, 0.1) is 36.8 Å². The van der Waals surface area contributed by atoms with Crippen LogP contribution in [0.2, 0.25) is 0 Å². The number of carbonyl (C=O) groups excluding carboxylic acids is 2. The number of phenols is 1. The molecule has 2 heterocycles. The fourth-order valence-corrected chi connectivity index (χ4v) is 7.30. The van der Waals surface area contributed by atoms with Crippen LogP contribution in [0.3, 0.4) is 0 Å². The SMILES string of the molecule is COCC1=C2[C@@H](CC/C(=C/c3cc(Br)ccc3O)c3ccccc3)OC[C@@H]2[C@@H]2C(=O)N(c3cccc(B(O)O)c3)C(=O)[C@@H]2C1. The summed E-state index contributed by atoms with van der Waals surface area (Å²) in [5.74, 6) is -1.74. The molecule has 3 aliphatic rings. The summed E-state index contributed by atoms with van der Waals surface area (Å²) in [7, 11) is -0.0856. The Morgan fingerprint density at radius 2 is 1.84 bits per heavy atom. The second-order valence-electron chi connectivity index (χ2n) is 11.5. The number of benzene rings is 3. The van der Waals surface area contributed by atoms with Crippen LogP contribution in [0.1, 0.15) is 30.4 Å². The number of methoxy groups -OCH3 is 1. The third-order valence-electron chi connectivity index (χ3n) is 8.89. The van der Waals surface area contributed by atoms with Gasteiger partial charge in [0, 0.05) is 23.1 Å². The van der Waals surface area contributed by atoms with E-state index in [2.05, 4.69) is 15.9 Å². The highest BCUT2D eigenvalue weighted by molar-refractivity contribution is 9.10. The lowest BCUT2D eigenvalue weighted by Crippen LogP contribution is -2.36. The Balaban J connectivity index is 1.29. The molecule has 2 aliphatic heterocycles. The Labute approximate surface area is 264 Å². The van der Waals surface area contributed by atoms with Gasteiger partial charge >= 0.3 is 7.12 Å². The molecule has 4 atom stereocenters. The number of anilines is 1. The molecule has 3 N–H and O–H groups in total. The molecule has 0 saturated carbocycles. The second kappa shape index (κ2) is 12.8. The lowest BCUT2D eigenvalue weighted by molar-refractivity contribution is -0.122. The predicted octanol–water partition coefficient (Wildman–Crippen LogP) is 4.32. The fraction of sp³-hybridized carbons (Fsp3) is 0.294. The van der Waals surface area contributed by atoms with Crippen molar-refractivity contribution in [3.8, 4) is 5.75 Å². The van der Waals surface area contributed by atoms with E-state index in [1.54, 1.807) is 31.4 Å². The van der Waals surface area contributed by atoms with Crippen LogP contribution in [0, 0.1) is 17.8 Å². The van der Waals surface area contributed by atoms with E-state index in [0.717, 1.165) is 26.8 Å². The number of rotatable bonds is 9. The van der Waals surface area contributed by atoms with E-state index in [1.807, 2.05) is 42.5 Å². The van der Waals surface area contributed by atoms with E-state index in [-0.39, 0.29) is 35.0 Å². The number of amides is 2. The molecular weight excluding hydrogens is 625 g/mol. The van der Waals surface area contributed by atoms with Gasteiger partial charge in [0.2, 0.25) is 11.8 Å². The van der Waals surface area contributed by atoms with Gasteiger partial charge in [-0.2, -0.15) is 0 Å². The van der Waals surface area contributed by atoms with E-state index in [0.29, 0.717) is 43.7 Å². The van der Waals surface area contributed by atoms with Crippen LogP contribution in [0.4, 0.5) is 5.69 Å². The number of nitrogens with zero attached hydrogens (tertiary/aromatic N) is 1. The van der Waals surface area contributed by atoms with Gasteiger partial charge in [0.15, 0.2) is 0 Å². The predicted molar refractivity (Wildman–Crippen MR) is 172 cm³/mol. The monoisotopic (exact) mass is 657 g/mol. The number of fused-ring (bicyclic) bond motifs is 3. The molecule has 0 spiro atoms. The first-order valence-corrected chi connectivity index (χ1v) is 15.5. The van der Waals surface area contributed by atoms with Crippen molar-refractivity contribution in [1.29, 1.82) is 0 Å². The minimum Gasteiger partial charge on any atom is -0.507 e. The Morgan fingerprint density at radius 1 is 1.05 bits per heavy atom. The molecule has 1 aliphatic carbocycles. The quantitative estimate of drug-likeness (QED) is 0.136. The van der Waals surface area contributed by atoms with Crippen LogP contribution in [0.25, 0.3) is 11.6 Å². The molecule has 0 bridgehead atoms. The Morgan fingerprint density at radius 3 is 2.59 bits per heavy atom. The van der Waals surface area contributed by atoms with E-state index < -0.39 is 19.0 Å². The molecule has 226 valence electrons. The highest BCUT2D eigenvalue weighted by Gasteiger charge is 2.57. The van der Waals surface area contributed by atoms with Crippen LogP contribution < -0.4 is 10.4 Å². The zero-order valence-corrected chi connectivity index (χ0v) is 25.8. The summed E-state index contributed by atoms with van der Waals surface area (Å²) < 4.78 is 12.8. The first-order valence-electron chi connectivity index (χ1n) is 14.7. The largest absolute Gasteiger partial charge is 0.507 e. The van der Waals surface area contributed by atoms with Crippen molar-refractivity contribution < 1.29 is 34.2 Å². The number of aromatic hydroxyl groups is 1. The summed E-state index contributed by atoms with van der Waals surface area (Å²) in [5, 5.41) is 29.9. The molecule has 0 radical (unpaired) electrons. The van der Waals surface area contributed by atoms with E-state index in [9.17, 15) is 24.7 Å². The third kappa shape index (κ3) is 5.80. The van der Waals surface area contributed by atoms with Crippen molar-refractivity contribution in [3.63, 3.8) is 0 Å². The maximum Gasteiger partial charge on any atom is 0.488 e. The number of allylic oxidation sites excluding steroid dienone is 1. The van der Waals surface area contributed by atoms with Gasteiger partial charge in [0.1, 0.15) is 5.75 Å². The number of imide groups is 1. The summed E-state index contributed by atoms with van der Waals surface area (Å²) in [6.07, 6.45) is 3.45. The zero-order chi connectivity index (χ0) is 31.0. The Bertz CT molecular complexity index is 1640. The average Bonchev–Trinajstić information content (AvgIpc) is 3.55. The van der Waals surface area contributed by atoms with Gasteiger partial charge < -0.3 is 24.6 Å². The van der Waals surface area contributed by atoms with Crippen molar-refractivity contribution >= 4 is 57.7 Å². The number of ether oxygens (including phenoxy) is 2. The maximum absolute atomic E-state index is 13.9. The number of carbonyl (C=O) groups is 2. The molecule has 44 heavy (non-hydrogen) atoms. The highest BCUT2D eigenvalue weighted by atomic mass is 79.9. The third-order valence-corrected chi connectivity index (χ3v) is 9.39. The van der Waals surface area contributed by atoms with Crippen LogP contribution in [-0.4, -0.2) is 60.5 Å². The Hall–Kier alpha value is -3.54. The molecule has 10 heteroatoms. The van der Waals surface area contributed by atoms with E-state index in [4.69, 9.17) is 9.47 Å². The second-order valence-corrected chi connectivity index (χ2v) is 12.4. The summed E-state index contributed by atoms with van der Waals surface area (Å²) in [4.78, 5) is 28.8. The van der Waals surface area contributed by atoms with E-state index >= 15 is 0 Å². The van der Waals surface area contributed by atoms with Crippen molar-refractivity contribution in [3.05, 3.63) is 99.5 Å². The van der Waals surface area contributed by atoms with Crippen molar-refractivity contribution in [1.82, 2.24) is 0 Å². The molecule has 2 amide bonds. The van der Waals surface area contributed by atoms with Gasteiger partial charge in [-0.1, -0.05) is 58.4 Å². The van der Waals surface area contributed by atoms with Gasteiger partial charge in [-0.05, 0) is 83.4 Å². The average molecular weight is 658 g/mol. The lowest BCUT2D eigenvalue weighted by Gasteiger charge is -2.31. The van der Waals surface area contributed by atoms with Crippen molar-refractivity contribution in [2.45, 2.75) is 25.4 Å². The van der Waals surface area contributed by atoms with Crippen molar-refractivity contribution in [2.75, 3.05) is 25.2 Å². The standard InChI is InChI=1S/C34H33BBrNO7/c1-43-18-23-16-27-32(34(40)37(33(27)39)26-9-5-8-24(17-26)35(41)42)28-19-44-30(31(23)28)13-10-21(20-6-3-2-4-7-20)14-22-15-25(36)11-12-29(22)38/h2-9,11-12,14-15,17,27-28,30,32,38,41-42H,10,13,16,18-19H2,1H3/b21-14-/t27-,28+,30-,32-/m1/s1. The minimum atomic E-state index is -1.71. The molecule has 8 nitrogen and oxygen atoms in total. The molecule has 0 unspecified atom stereocenters. The van der Waals surface area contributed by atoms with Crippen LogP contribution in [0.15, 0.2) is 88.4 Å². The van der Waals surface area contributed by atoms with Crippen LogP contribution in [-0.2, 0) is 19.1 Å². The van der Waals surface area contributed by atoms with Gasteiger partial charge in [-0.25, -0.2) is 0 Å². The first kappa shape index (κ1) is 30.5. The fourth-order valence-electron chi connectivity index (χ4n) is 6.93. The number of hydrogen-bond acceptors (Lipinski definition) is 7. The molecule has 3 aromatic rings. The molecular formula is C34H33BBrNO7. The first-order chi connectivity index (χ1) is 21.3. The van der Waals surface area contributed by atoms with Crippen LogP contribution >= 0.6 is 15.9 Å². The van der Waals surface area contributed by atoms with Gasteiger partial charge in [-0.3, -0.25) is 14.5 Å². The zero-order valence-electron chi connectivity index (χ0n) is 24.2. The highest BCUT2D eigenvalue weighted by Crippen LogP contribution is 2.50. The molecule has 2 fully saturated rings. The number of hydrogen-bond donors (Lipinski definition) is 3. The summed E-state index contributed by atoms with van der Waals surface area (Å²) in [6, 6.07) is 21.6. The summed E-state index contributed by atoms with van der Waals surface area (Å²) in [6.45, 7) is 0.670. The smallest absolute Gasteiger partial charge is 0.488 e. The number of halogens is 1. The molecule has 6 rings (SSSR count). The lowest BCUT2D eigenvalue weighted by atomic mass is 9.69. The maximum atomic E-state index is 13.9. The molecule has 0 aromatic heterocycles. The van der Waals surface area contributed by atoms with Crippen molar-refractivity contribution in [2.24, 2.45) is 17.8 Å². The minimum absolute atomic E-state index is 0.190. The summed E-state index contributed by atoms with van der Waals surface area (Å²) in [5.41, 5.74) is 5.37. The van der Waals surface area contributed by atoms with Gasteiger partial charge in [-0.15, -0.1) is 0 Å². The topological polar surface area (TPSA) is 117 Å². The molecule has 3 aromatic carbocycles. The van der Waals surface area contributed by atoms with E-state index in [1.165, 1.54) is 17.0 Å². The number of phenolic OH excluding ortho intramolecular Hbond substituents is 1. The Kier molecular flexibility index (Phi) is 8.89. The normalized spacial score (nSPS) is 23.3. The summed E-state index contributed by atoms with van der Waals surface area (Å²) >= 11 is 3.50. The van der Waals surface area contributed by atoms with Gasteiger partial charge in [0.25, 0.3) is 0 Å². The van der Waals surface area contributed by atoms with Crippen LogP contribution in [0.5, 0.6) is 5.75 Å². The molecule has 2 saturated heterocycles.